The molecule has 0 radical (unpaired) electrons. The molecule has 0 saturated heterocycles. The van der Waals surface area contributed by atoms with Crippen LogP contribution in [0, 0.1) is 0 Å². The van der Waals surface area contributed by atoms with Gasteiger partial charge < -0.3 is 10.1 Å². The molecule has 0 fully saturated rings. The second-order valence-electron chi connectivity index (χ2n) is 4.06. The van der Waals surface area contributed by atoms with E-state index in [-0.39, 0.29) is 16.7 Å². The molecular formula is C13H12ClF2N3O2. The second-order valence-corrected chi connectivity index (χ2v) is 4.47. The zero-order valence-corrected chi connectivity index (χ0v) is 11.8. The number of rotatable bonds is 5. The number of aromatic nitrogens is 2. The topological polar surface area (TPSA) is 56.2 Å². The number of nitrogens with zero attached hydrogens (tertiary/aromatic N) is 2. The van der Waals surface area contributed by atoms with E-state index in [9.17, 15) is 13.6 Å². The molecule has 1 aromatic carbocycles. The van der Waals surface area contributed by atoms with Gasteiger partial charge in [-0.05, 0) is 25.1 Å². The predicted octanol–water partition coefficient (Wildman–Crippen LogP) is 3.41. The largest absolute Gasteiger partial charge is 0.433 e. The maximum Gasteiger partial charge on any atom is 0.387 e. The third-order valence-corrected chi connectivity index (χ3v) is 2.92. The van der Waals surface area contributed by atoms with Gasteiger partial charge in [-0.15, -0.1) is 0 Å². The highest BCUT2D eigenvalue weighted by Crippen LogP contribution is 2.29. The predicted molar refractivity (Wildman–Crippen MR) is 73.9 cm³/mol. The maximum atomic E-state index is 12.1. The monoisotopic (exact) mass is 315 g/mol. The Balaban J connectivity index is 2.09. The first-order valence-corrected chi connectivity index (χ1v) is 6.45. The van der Waals surface area contributed by atoms with Gasteiger partial charge in [-0.3, -0.25) is 9.48 Å². The molecule has 1 amide bonds. The SMILES string of the molecule is CCn1cc(C(=O)Nc2ccc(OC(F)F)c(Cl)c2)cn1. The average molecular weight is 316 g/mol. The molecule has 1 heterocycles. The average Bonchev–Trinajstić information content (AvgIpc) is 2.90. The first kappa shape index (κ1) is 15.2. The highest BCUT2D eigenvalue weighted by Gasteiger charge is 2.12. The number of benzene rings is 1. The molecule has 2 rings (SSSR count). The zero-order valence-electron chi connectivity index (χ0n) is 11.0. The fourth-order valence-corrected chi connectivity index (χ4v) is 1.85. The number of aryl methyl sites for hydroxylation is 1. The molecule has 0 bridgehead atoms. The molecule has 0 aliphatic heterocycles. The second kappa shape index (κ2) is 6.53. The maximum absolute atomic E-state index is 12.1. The minimum absolute atomic E-state index is 0.0163. The van der Waals surface area contributed by atoms with Crippen molar-refractivity contribution in [2.75, 3.05) is 5.32 Å². The number of hydrogen-bond donors (Lipinski definition) is 1. The summed E-state index contributed by atoms with van der Waals surface area (Å²) in [4.78, 5) is 12.0. The first-order valence-electron chi connectivity index (χ1n) is 6.07. The molecule has 0 unspecified atom stereocenters. The van der Waals surface area contributed by atoms with Crippen molar-refractivity contribution < 1.29 is 18.3 Å². The zero-order chi connectivity index (χ0) is 15.4. The molecule has 0 spiro atoms. The summed E-state index contributed by atoms with van der Waals surface area (Å²) in [5, 5.41) is 6.57. The van der Waals surface area contributed by atoms with Gasteiger partial charge in [-0.1, -0.05) is 11.6 Å². The van der Waals surface area contributed by atoms with Gasteiger partial charge in [-0.25, -0.2) is 0 Å². The molecule has 21 heavy (non-hydrogen) atoms. The van der Waals surface area contributed by atoms with Crippen molar-refractivity contribution in [2.45, 2.75) is 20.1 Å². The van der Waals surface area contributed by atoms with E-state index in [2.05, 4.69) is 15.2 Å². The smallest absolute Gasteiger partial charge is 0.387 e. The van der Waals surface area contributed by atoms with Crippen molar-refractivity contribution in [3.8, 4) is 5.75 Å². The van der Waals surface area contributed by atoms with E-state index in [4.69, 9.17) is 11.6 Å². The number of anilines is 1. The Labute approximate surface area is 124 Å². The molecule has 2 aromatic rings. The van der Waals surface area contributed by atoms with Crippen molar-refractivity contribution in [3.63, 3.8) is 0 Å². The van der Waals surface area contributed by atoms with Crippen LogP contribution in [-0.2, 0) is 6.54 Å². The van der Waals surface area contributed by atoms with E-state index in [0.717, 1.165) is 0 Å². The van der Waals surface area contributed by atoms with E-state index in [0.29, 0.717) is 17.8 Å². The van der Waals surface area contributed by atoms with Crippen LogP contribution in [0.2, 0.25) is 5.02 Å². The Morgan fingerprint density at radius 3 is 2.86 bits per heavy atom. The van der Waals surface area contributed by atoms with Crippen LogP contribution >= 0.6 is 11.6 Å². The molecule has 1 aromatic heterocycles. The highest BCUT2D eigenvalue weighted by molar-refractivity contribution is 6.32. The summed E-state index contributed by atoms with van der Waals surface area (Å²) in [5.41, 5.74) is 0.761. The van der Waals surface area contributed by atoms with Crippen LogP contribution in [0.5, 0.6) is 5.75 Å². The Kier molecular flexibility index (Phi) is 4.74. The number of amides is 1. The van der Waals surface area contributed by atoms with Gasteiger partial charge in [0.05, 0.1) is 16.8 Å². The van der Waals surface area contributed by atoms with Crippen molar-refractivity contribution in [1.82, 2.24) is 9.78 Å². The van der Waals surface area contributed by atoms with E-state index >= 15 is 0 Å². The lowest BCUT2D eigenvalue weighted by molar-refractivity contribution is -0.0497. The minimum Gasteiger partial charge on any atom is -0.433 e. The Morgan fingerprint density at radius 2 is 2.29 bits per heavy atom. The highest BCUT2D eigenvalue weighted by atomic mass is 35.5. The van der Waals surface area contributed by atoms with E-state index in [1.54, 1.807) is 10.9 Å². The standard InChI is InChI=1S/C13H12ClF2N3O2/c1-2-19-7-8(6-17-19)12(20)18-9-3-4-11(10(14)5-9)21-13(15)16/h3-7,13H,2H2,1H3,(H,18,20). The summed E-state index contributed by atoms with van der Waals surface area (Å²) in [6, 6.07) is 4.02. The number of alkyl halides is 2. The van der Waals surface area contributed by atoms with Crippen LogP contribution < -0.4 is 10.1 Å². The van der Waals surface area contributed by atoms with E-state index < -0.39 is 6.61 Å². The number of halogens is 3. The number of carbonyl (C=O) groups excluding carboxylic acids is 1. The van der Waals surface area contributed by atoms with Gasteiger partial charge in [-0.2, -0.15) is 13.9 Å². The molecule has 1 N–H and O–H groups in total. The fraction of sp³-hybridized carbons (Fsp3) is 0.231. The summed E-state index contributed by atoms with van der Waals surface area (Å²) in [7, 11) is 0. The number of nitrogens with one attached hydrogen (secondary N) is 1. The quantitative estimate of drug-likeness (QED) is 0.920. The molecule has 0 atom stereocenters. The van der Waals surface area contributed by atoms with E-state index in [1.165, 1.54) is 24.4 Å². The molecule has 112 valence electrons. The van der Waals surface area contributed by atoms with Crippen molar-refractivity contribution in [1.29, 1.82) is 0 Å². The fourth-order valence-electron chi connectivity index (χ4n) is 1.63. The van der Waals surface area contributed by atoms with Crippen LogP contribution in [0.3, 0.4) is 0 Å². The first-order chi connectivity index (χ1) is 9.99. The molecular weight excluding hydrogens is 304 g/mol. The lowest BCUT2D eigenvalue weighted by atomic mass is 10.2. The van der Waals surface area contributed by atoms with E-state index in [1.807, 2.05) is 6.92 Å². The Hall–Kier alpha value is -2.15. The van der Waals surface area contributed by atoms with Crippen LogP contribution in [0.25, 0.3) is 0 Å². The lowest BCUT2D eigenvalue weighted by Gasteiger charge is -2.09. The number of ether oxygens (including phenoxy) is 1. The Morgan fingerprint density at radius 1 is 1.52 bits per heavy atom. The lowest BCUT2D eigenvalue weighted by Crippen LogP contribution is -2.11. The summed E-state index contributed by atoms with van der Waals surface area (Å²) in [5.74, 6) is -0.517. The Bertz CT molecular complexity index is 646. The van der Waals surface area contributed by atoms with Gasteiger partial charge >= 0.3 is 6.61 Å². The van der Waals surface area contributed by atoms with Crippen molar-refractivity contribution >= 4 is 23.2 Å². The van der Waals surface area contributed by atoms with Crippen LogP contribution in [-0.4, -0.2) is 22.3 Å². The molecule has 0 aliphatic carbocycles. The van der Waals surface area contributed by atoms with Gasteiger partial charge in [0.15, 0.2) is 0 Å². The van der Waals surface area contributed by atoms with Crippen LogP contribution in [0.1, 0.15) is 17.3 Å². The summed E-state index contributed by atoms with van der Waals surface area (Å²) >= 11 is 5.80. The summed E-state index contributed by atoms with van der Waals surface area (Å²) < 4.78 is 30.0. The third-order valence-electron chi connectivity index (χ3n) is 2.63. The molecule has 0 saturated carbocycles. The summed E-state index contributed by atoms with van der Waals surface area (Å²) in [6.45, 7) is -0.405. The number of carbonyl (C=O) groups is 1. The third kappa shape index (κ3) is 3.91. The van der Waals surface area contributed by atoms with Crippen LogP contribution in [0.4, 0.5) is 14.5 Å². The molecule has 0 aliphatic rings. The molecule has 5 nitrogen and oxygen atoms in total. The summed E-state index contributed by atoms with van der Waals surface area (Å²) in [6.07, 6.45) is 3.04. The molecule has 8 heteroatoms. The van der Waals surface area contributed by atoms with Crippen molar-refractivity contribution in [2.24, 2.45) is 0 Å². The van der Waals surface area contributed by atoms with Crippen molar-refractivity contribution in [3.05, 3.63) is 41.2 Å². The number of hydrogen-bond acceptors (Lipinski definition) is 3. The van der Waals surface area contributed by atoms with Crippen LogP contribution in [0.15, 0.2) is 30.6 Å². The van der Waals surface area contributed by atoms with Gasteiger partial charge in [0.2, 0.25) is 0 Å². The minimum atomic E-state index is -2.96. The normalized spacial score (nSPS) is 10.7. The van der Waals surface area contributed by atoms with Gasteiger partial charge in [0.25, 0.3) is 5.91 Å². The van der Waals surface area contributed by atoms with Gasteiger partial charge in [0.1, 0.15) is 5.75 Å². The van der Waals surface area contributed by atoms with Gasteiger partial charge in [0, 0.05) is 18.4 Å².